The summed E-state index contributed by atoms with van der Waals surface area (Å²) in [5.74, 6) is -1.13. The lowest BCUT2D eigenvalue weighted by Crippen LogP contribution is -2.43. The number of carbonyl (C=O) groups excluding carboxylic acids is 2. The van der Waals surface area contributed by atoms with E-state index in [0.29, 0.717) is 28.4 Å². The summed E-state index contributed by atoms with van der Waals surface area (Å²) in [7, 11) is 0. The van der Waals surface area contributed by atoms with Gasteiger partial charge in [-0.3, -0.25) is 14.9 Å². The van der Waals surface area contributed by atoms with E-state index in [4.69, 9.17) is 4.74 Å². The lowest BCUT2D eigenvalue weighted by atomic mass is 9.96. The van der Waals surface area contributed by atoms with E-state index in [1.807, 2.05) is 31.2 Å². The molecule has 4 N–H and O–H groups in total. The van der Waals surface area contributed by atoms with Gasteiger partial charge in [-0.25, -0.2) is 9.37 Å². The van der Waals surface area contributed by atoms with E-state index in [1.165, 1.54) is 22.4 Å². The fourth-order valence-electron chi connectivity index (χ4n) is 5.30. The molecule has 1 aliphatic heterocycles. The van der Waals surface area contributed by atoms with Crippen LogP contribution in [0.2, 0.25) is 0 Å². The lowest BCUT2D eigenvalue weighted by Gasteiger charge is -2.30. The molecule has 2 amide bonds. The number of ether oxygens (including phenoxy) is 1. The minimum Gasteiger partial charge on any atom is -0.508 e. The summed E-state index contributed by atoms with van der Waals surface area (Å²) in [4.78, 5) is 33.6. The molecule has 1 fully saturated rings. The van der Waals surface area contributed by atoms with Crippen molar-refractivity contribution in [2.24, 2.45) is 0 Å². The van der Waals surface area contributed by atoms with E-state index < -0.39 is 17.8 Å². The van der Waals surface area contributed by atoms with Gasteiger partial charge in [0.15, 0.2) is 5.13 Å². The number of phenols is 1. The number of phenolic OH excluding ortho intramolecular Hbond substituents is 1. The summed E-state index contributed by atoms with van der Waals surface area (Å²) >= 11 is 1.19. The topological polar surface area (TPSA) is 127 Å². The van der Waals surface area contributed by atoms with Crippen molar-refractivity contribution in [3.63, 3.8) is 0 Å². The van der Waals surface area contributed by atoms with Crippen molar-refractivity contribution in [1.29, 1.82) is 0 Å². The first-order valence-corrected chi connectivity index (χ1v) is 15.1. The molecule has 4 aromatic rings. The monoisotopic (exact) mass is 619 g/mol. The zero-order chi connectivity index (χ0) is 31.1. The molecule has 0 radical (unpaired) electrons. The van der Waals surface area contributed by atoms with E-state index in [-0.39, 0.29) is 31.1 Å². The van der Waals surface area contributed by atoms with Gasteiger partial charge in [-0.05, 0) is 53.9 Å². The number of hydrogen-bond acceptors (Lipinski definition) is 9. The number of nitrogens with zero attached hydrogens (tertiary/aromatic N) is 3. The second kappa shape index (κ2) is 14.3. The van der Waals surface area contributed by atoms with Crippen molar-refractivity contribution in [2.75, 3.05) is 49.6 Å². The molecule has 1 atom stereocenters. The van der Waals surface area contributed by atoms with Crippen LogP contribution in [0.4, 0.5) is 15.2 Å². The second-order valence-electron chi connectivity index (χ2n) is 10.3. The number of benzene rings is 3. The van der Waals surface area contributed by atoms with E-state index in [0.717, 1.165) is 61.2 Å². The third-order valence-corrected chi connectivity index (χ3v) is 8.22. The van der Waals surface area contributed by atoms with Crippen LogP contribution in [-0.4, -0.2) is 71.8 Å². The van der Waals surface area contributed by atoms with Crippen molar-refractivity contribution < 1.29 is 28.9 Å². The van der Waals surface area contributed by atoms with Gasteiger partial charge in [-0.15, -0.1) is 11.3 Å². The van der Waals surface area contributed by atoms with Crippen molar-refractivity contribution in [2.45, 2.75) is 19.5 Å². The minimum atomic E-state index is -1.37. The Labute approximate surface area is 258 Å². The number of halogens is 1. The van der Waals surface area contributed by atoms with Crippen LogP contribution < -0.4 is 20.3 Å². The summed E-state index contributed by atoms with van der Waals surface area (Å²) in [6.07, 6.45) is 2.01. The normalized spacial score (nSPS) is 13.8. The number of carbonyl (C=O) groups is 2. The lowest BCUT2D eigenvalue weighted by molar-refractivity contribution is -0.130. The summed E-state index contributed by atoms with van der Waals surface area (Å²) in [5.41, 5.74) is 4.16. The van der Waals surface area contributed by atoms with E-state index >= 15 is 0 Å². The molecule has 0 aliphatic carbocycles. The van der Waals surface area contributed by atoms with Crippen molar-refractivity contribution in [3.05, 3.63) is 88.7 Å². The molecule has 10 nitrogen and oxygen atoms in total. The highest BCUT2D eigenvalue weighted by molar-refractivity contribution is 7.13. The van der Waals surface area contributed by atoms with Crippen LogP contribution in [0.3, 0.4) is 0 Å². The van der Waals surface area contributed by atoms with Crippen LogP contribution in [0.25, 0.3) is 11.1 Å². The van der Waals surface area contributed by atoms with Crippen LogP contribution in [-0.2, 0) is 16.1 Å². The number of aliphatic hydroxyl groups is 1. The number of rotatable bonds is 12. The molecule has 1 aliphatic rings. The van der Waals surface area contributed by atoms with Crippen molar-refractivity contribution in [3.8, 4) is 22.6 Å². The molecule has 12 heteroatoms. The Kier molecular flexibility index (Phi) is 10.1. The molecule has 0 saturated carbocycles. The summed E-state index contributed by atoms with van der Waals surface area (Å²) in [5, 5.41) is 28.1. The minimum absolute atomic E-state index is 0.0566. The van der Waals surface area contributed by atoms with Crippen LogP contribution in [0.15, 0.2) is 66.2 Å². The number of piperazine rings is 1. The summed E-state index contributed by atoms with van der Waals surface area (Å²) in [6.45, 7) is 5.39. The number of aromatic hydroxyl groups is 1. The smallest absolute Gasteiger partial charge is 0.253 e. The Morgan fingerprint density at radius 2 is 1.98 bits per heavy atom. The van der Waals surface area contributed by atoms with E-state index in [1.54, 1.807) is 5.38 Å². The highest BCUT2D eigenvalue weighted by Gasteiger charge is 2.31. The molecular weight excluding hydrogens is 585 g/mol. The Morgan fingerprint density at radius 1 is 1.20 bits per heavy atom. The quantitative estimate of drug-likeness (QED) is 0.175. The van der Waals surface area contributed by atoms with Crippen LogP contribution in [0, 0.1) is 12.7 Å². The van der Waals surface area contributed by atoms with Gasteiger partial charge >= 0.3 is 0 Å². The highest BCUT2D eigenvalue weighted by Crippen LogP contribution is 2.38. The first-order valence-electron chi connectivity index (χ1n) is 14.2. The van der Waals surface area contributed by atoms with Crippen molar-refractivity contribution in [1.82, 2.24) is 15.2 Å². The van der Waals surface area contributed by atoms with Gasteiger partial charge in [0.05, 0.1) is 6.61 Å². The number of nitrogens with one attached hydrogen (secondary N) is 2. The molecule has 5 rings (SSSR count). The van der Waals surface area contributed by atoms with E-state index in [9.17, 15) is 24.2 Å². The summed E-state index contributed by atoms with van der Waals surface area (Å²) in [6, 6.07) is 13.8. The predicted molar refractivity (Wildman–Crippen MR) is 167 cm³/mol. The number of aliphatic hydroxyl groups excluding tert-OH is 1. The number of amides is 2. The molecule has 3 aromatic carbocycles. The second-order valence-corrected chi connectivity index (χ2v) is 11.2. The Hall–Kier alpha value is -4.52. The number of hydrogen-bond donors (Lipinski definition) is 4. The van der Waals surface area contributed by atoms with Gasteiger partial charge in [-0.1, -0.05) is 24.3 Å². The van der Waals surface area contributed by atoms with Crippen molar-refractivity contribution >= 4 is 34.5 Å². The average Bonchev–Trinajstić information content (AvgIpc) is 3.56. The molecular formula is C32H34FN5O5S. The van der Waals surface area contributed by atoms with Crippen LogP contribution >= 0.6 is 11.3 Å². The van der Waals surface area contributed by atoms with Crippen LogP contribution in [0.1, 0.15) is 22.7 Å². The zero-order valence-electron chi connectivity index (χ0n) is 24.2. The third kappa shape index (κ3) is 6.99. The Morgan fingerprint density at radius 3 is 2.66 bits per heavy atom. The molecule has 0 bridgehead atoms. The van der Waals surface area contributed by atoms with E-state index in [2.05, 4.69) is 32.7 Å². The molecule has 44 heavy (non-hydrogen) atoms. The maximum atomic E-state index is 14.3. The number of thiazole rings is 1. The average molecular weight is 620 g/mol. The first-order chi connectivity index (χ1) is 21.4. The van der Waals surface area contributed by atoms with Gasteiger partial charge in [-0.2, -0.15) is 0 Å². The fraction of sp³-hybridized carbons (Fsp3) is 0.281. The van der Waals surface area contributed by atoms with Gasteiger partial charge < -0.3 is 30.1 Å². The molecule has 230 valence electrons. The maximum absolute atomic E-state index is 14.3. The molecule has 1 aromatic heterocycles. The van der Waals surface area contributed by atoms with Crippen LogP contribution in [0.5, 0.6) is 11.5 Å². The molecule has 0 spiro atoms. The third-order valence-electron chi connectivity index (χ3n) is 7.53. The standard InChI is InChI=1S/C32H34FN5O5S/c1-21-23(4-8-26(30(21)43-16-15-39)22-2-6-25(7-3-22)37-13-10-34-11-14-37)19-38(20-40)29(27-18-24(33)5-9-28(27)41)31(42)36-32-35-12-17-44-32/h2-9,12,17-18,20,29,34,39,41H,10-11,13-16,19H2,1H3,(H,35,36,42). The molecule has 1 saturated heterocycles. The van der Waals surface area contributed by atoms with Gasteiger partial charge in [0.1, 0.15) is 30.0 Å². The number of aromatic nitrogens is 1. The summed E-state index contributed by atoms with van der Waals surface area (Å²) < 4.78 is 20.3. The molecule has 2 heterocycles. The fourth-order valence-corrected chi connectivity index (χ4v) is 5.83. The molecule has 1 unspecified atom stereocenters. The Balaban J connectivity index is 1.48. The largest absolute Gasteiger partial charge is 0.508 e. The Bertz CT molecular complexity index is 1580. The SMILES string of the molecule is Cc1c(CN(C=O)C(C(=O)Nc2nccs2)c2cc(F)ccc2O)ccc(-c2ccc(N3CCNCC3)cc2)c1OCCO. The first kappa shape index (κ1) is 30.9. The van der Waals surface area contributed by atoms with Gasteiger partial charge in [0.25, 0.3) is 5.91 Å². The maximum Gasteiger partial charge on any atom is 0.253 e. The predicted octanol–water partition coefficient (Wildman–Crippen LogP) is 4.08. The zero-order valence-corrected chi connectivity index (χ0v) is 25.0. The van der Waals surface area contributed by atoms with Gasteiger partial charge in [0, 0.05) is 61.1 Å². The van der Waals surface area contributed by atoms with Gasteiger partial charge in [0.2, 0.25) is 6.41 Å². The highest BCUT2D eigenvalue weighted by atomic mass is 32.1. The number of anilines is 2.